The van der Waals surface area contributed by atoms with E-state index in [0.717, 1.165) is 18.4 Å². The monoisotopic (exact) mass is 331 g/mol. The summed E-state index contributed by atoms with van der Waals surface area (Å²) in [6, 6.07) is 9.79. The molecule has 2 aliphatic rings. The number of azide groups is 1. The number of ether oxygens (including phenoxy) is 2. The average Bonchev–Trinajstić information content (AvgIpc) is 2.93. The maximum atomic E-state index is 10.2. The van der Waals surface area contributed by atoms with Crippen molar-refractivity contribution in [2.24, 2.45) is 22.9 Å². The van der Waals surface area contributed by atoms with Crippen molar-refractivity contribution in [2.75, 3.05) is 13.7 Å². The zero-order chi connectivity index (χ0) is 16.9. The predicted octanol–water partition coefficient (Wildman–Crippen LogP) is 3.30. The second kappa shape index (κ2) is 7.99. The van der Waals surface area contributed by atoms with Crippen LogP contribution in [0.4, 0.5) is 0 Å². The van der Waals surface area contributed by atoms with E-state index in [1.807, 2.05) is 18.2 Å². The molecule has 1 aromatic rings. The van der Waals surface area contributed by atoms with Gasteiger partial charge < -0.3 is 14.6 Å². The molecule has 0 aliphatic heterocycles. The number of methoxy groups -OCH3 is 1. The van der Waals surface area contributed by atoms with Gasteiger partial charge in [0, 0.05) is 17.9 Å². The summed E-state index contributed by atoms with van der Waals surface area (Å²) < 4.78 is 11.6. The summed E-state index contributed by atoms with van der Waals surface area (Å²) in [6.07, 6.45) is 1.95. The quantitative estimate of drug-likeness (QED) is 0.493. The number of aliphatic hydroxyl groups excluding tert-OH is 1. The average molecular weight is 331 g/mol. The van der Waals surface area contributed by atoms with Crippen molar-refractivity contribution >= 4 is 0 Å². The predicted molar refractivity (Wildman–Crippen MR) is 90.2 cm³/mol. The minimum atomic E-state index is -0.538. The SMILES string of the molecule is CO[C@H]1C[C@H]2C[C@H](O)[C@@H](N=[N+]=[N-])C[C@H]2[C@@H]1COCc1ccccc1. The Hall–Kier alpha value is -1.59. The Morgan fingerprint density at radius 1 is 1.25 bits per heavy atom. The van der Waals surface area contributed by atoms with Crippen LogP contribution in [-0.2, 0) is 16.1 Å². The molecule has 2 saturated carbocycles. The van der Waals surface area contributed by atoms with E-state index in [2.05, 4.69) is 22.2 Å². The first-order valence-electron chi connectivity index (χ1n) is 8.59. The van der Waals surface area contributed by atoms with Crippen LogP contribution in [0.25, 0.3) is 10.4 Å². The van der Waals surface area contributed by atoms with Gasteiger partial charge in [0.25, 0.3) is 0 Å². The molecule has 130 valence electrons. The molecule has 0 bridgehead atoms. The molecule has 0 radical (unpaired) electrons. The summed E-state index contributed by atoms with van der Waals surface area (Å²) in [5.74, 6) is 1.08. The van der Waals surface area contributed by atoms with Crippen molar-refractivity contribution in [3.63, 3.8) is 0 Å². The normalized spacial score (nSPS) is 35.2. The highest BCUT2D eigenvalue weighted by molar-refractivity contribution is 5.13. The number of hydrogen-bond acceptors (Lipinski definition) is 4. The number of aliphatic hydroxyl groups is 1. The molecule has 24 heavy (non-hydrogen) atoms. The first-order valence-corrected chi connectivity index (χ1v) is 8.59. The highest BCUT2D eigenvalue weighted by Gasteiger charge is 2.48. The lowest BCUT2D eigenvalue weighted by Crippen LogP contribution is -2.38. The van der Waals surface area contributed by atoms with Crippen LogP contribution >= 0.6 is 0 Å². The van der Waals surface area contributed by atoms with Crippen molar-refractivity contribution in [1.82, 2.24) is 0 Å². The third-order valence-electron chi connectivity index (χ3n) is 5.59. The van der Waals surface area contributed by atoms with Gasteiger partial charge in [-0.25, -0.2) is 0 Å². The molecule has 6 heteroatoms. The van der Waals surface area contributed by atoms with Gasteiger partial charge >= 0.3 is 0 Å². The minimum Gasteiger partial charge on any atom is -0.393 e. The summed E-state index contributed by atoms with van der Waals surface area (Å²) >= 11 is 0. The van der Waals surface area contributed by atoms with Gasteiger partial charge in [0.1, 0.15) is 0 Å². The van der Waals surface area contributed by atoms with Crippen LogP contribution in [0.5, 0.6) is 0 Å². The van der Waals surface area contributed by atoms with Gasteiger partial charge in [0.2, 0.25) is 0 Å². The Morgan fingerprint density at radius 3 is 2.75 bits per heavy atom. The van der Waals surface area contributed by atoms with Crippen molar-refractivity contribution in [3.8, 4) is 0 Å². The highest BCUT2D eigenvalue weighted by atomic mass is 16.5. The van der Waals surface area contributed by atoms with Gasteiger partial charge in [0.15, 0.2) is 0 Å². The van der Waals surface area contributed by atoms with Crippen LogP contribution in [0.15, 0.2) is 35.4 Å². The van der Waals surface area contributed by atoms with Crippen LogP contribution in [0.2, 0.25) is 0 Å². The van der Waals surface area contributed by atoms with E-state index < -0.39 is 6.10 Å². The maximum absolute atomic E-state index is 10.2. The van der Waals surface area contributed by atoms with E-state index in [1.165, 1.54) is 0 Å². The standard InChI is InChI=1S/C18H25N3O3/c1-23-18-8-13-7-17(22)16(20-21-19)9-14(13)15(18)11-24-10-12-5-3-2-4-6-12/h2-6,13-18,22H,7-11H2,1H3/t13-,14-,15+,16+,17+,18+/m1/s1. The van der Waals surface area contributed by atoms with Crippen molar-refractivity contribution in [3.05, 3.63) is 46.3 Å². The summed E-state index contributed by atoms with van der Waals surface area (Å²) in [5, 5.41) is 14.0. The molecule has 2 fully saturated rings. The molecular formula is C18H25N3O3. The van der Waals surface area contributed by atoms with Gasteiger partial charge in [-0.05, 0) is 42.2 Å². The molecule has 6 nitrogen and oxygen atoms in total. The van der Waals surface area contributed by atoms with E-state index >= 15 is 0 Å². The lowest BCUT2D eigenvalue weighted by Gasteiger charge is -2.36. The Labute approximate surface area is 142 Å². The molecule has 0 spiro atoms. The van der Waals surface area contributed by atoms with Crippen LogP contribution in [0, 0.1) is 17.8 Å². The fourth-order valence-electron chi connectivity index (χ4n) is 4.39. The van der Waals surface area contributed by atoms with Gasteiger partial charge in [0.05, 0.1) is 31.5 Å². The van der Waals surface area contributed by atoms with E-state index in [4.69, 9.17) is 15.0 Å². The van der Waals surface area contributed by atoms with E-state index in [0.29, 0.717) is 31.5 Å². The van der Waals surface area contributed by atoms with Crippen LogP contribution in [-0.4, -0.2) is 37.1 Å². The number of hydrogen-bond donors (Lipinski definition) is 1. The molecule has 6 atom stereocenters. The van der Waals surface area contributed by atoms with Crippen molar-refractivity contribution in [2.45, 2.75) is 44.1 Å². The Kier molecular flexibility index (Phi) is 5.74. The fourth-order valence-corrected chi connectivity index (χ4v) is 4.39. The summed E-state index contributed by atoms with van der Waals surface area (Å²) in [4.78, 5) is 2.89. The number of nitrogens with zero attached hydrogens (tertiary/aromatic N) is 3. The lowest BCUT2D eigenvalue weighted by atomic mass is 9.75. The topological polar surface area (TPSA) is 87.5 Å². The van der Waals surface area contributed by atoms with Crippen LogP contribution < -0.4 is 0 Å². The lowest BCUT2D eigenvalue weighted by molar-refractivity contribution is -0.0111. The molecule has 0 amide bonds. The first-order chi connectivity index (χ1) is 11.7. The Bertz CT molecular complexity index is 576. The highest BCUT2D eigenvalue weighted by Crippen LogP contribution is 2.47. The molecule has 1 aromatic carbocycles. The van der Waals surface area contributed by atoms with Crippen LogP contribution in [0.3, 0.4) is 0 Å². The molecule has 2 aliphatic carbocycles. The third kappa shape index (κ3) is 3.73. The molecule has 0 saturated heterocycles. The molecule has 3 rings (SSSR count). The second-order valence-corrected chi connectivity index (χ2v) is 6.91. The van der Waals surface area contributed by atoms with Gasteiger partial charge in [-0.15, -0.1) is 0 Å². The van der Waals surface area contributed by atoms with Crippen molar-refractivity contribution < 1.29 is 14.6 Å². The largest absolute Gasteiger partial charge is 0.393 e. The summed E-state index contributed by atoms with van der Waals surface area (Å²) in [6.45, 7) is 1.22. The first kappa shape index (κ1) is 17.2. The molecule has 1 N–H and O–H groups in total. The van der Waals surface area contributed by atoms with Crippen LogP contribution in [0.1, 0.15) is 24.8 Å². The van der Waals surface area contributed by atoms with Gasteiger partial charge in [-0.1, -0.05) is 35.4 Å². The molecular weight excluding hydrogens is 306 g/mol. The minimum absolute atomic E-state index is 0.146. The maximum Gasteiger partial charge on any atom is 0.0717 e. The summed E-state index contributed by atoms with van der Waals surface area (Å²) in [7, 11) is 1.74. The molecule has 0 aromatic heterocycles. The fraction of sp³-hybridized carbons (Fsp3) is 0.667. The third-order valence-corrected chi connectivity index (χ3v) is 5.59. The van der Waals surface area contributed by atoms with Gasteiger partial charge in [-0.2, -0.15) is 0 Å². The van der Waals surface area contributed by atoms with Gasteiger partial charge in [-0.3, -0.25) is 0 Å². The smallest absolute Gasteiger partial charge is 0.0717 e. The number of rotatable bonds is 6. The van der Waals surface area contributed by atoms with E-state index in [9.17, 15) is 5.11 Å². The van der Waals surface area contributed by atoms with E-state index in [1.54, 1.807) is 7.11 Å². The summed E-state index contributed by atoms with van der Waals surface area (Å²) in [5.41, 5.74) is 9.87. The zero-order valence-corrected chi connectivity index (χ0v) is 14.0. The number of fused-ring (bicyclic) bond motifs is 1. The molecule has 0 unspecified atom stereocenters. The second-order valence-electron chi connectivity index (χ2n) is 6.91. The van der Waals surface area contributed by atoms with E-state index in [-0.39, 0.29) is 18.1 Å². The van der Waals surface area contributed by atoms with Crippen molar-refractivity contribution in [1.29, 1.82) is 0 Å². The Balaban J connectivity index is 1.62. The Morgan fingerprint density at radius 2 is 2.04 bits per heavy atom. The number of benzene rings is 1. The molecule has 0 heterocycles. The zero-order valence-electron chi connectivity index (χ0n) is 14.0.